The first-order valence-corrected chi connectivity index (χ1v) is 9.58. The Kier molecular flexibility index (Phi) is 5.13. The van der Waals surface area contributed by atoms with E-state index in [1.54, 1.807) is 32.9 Å². The van der Waals surface area contributed by atoms with Crippen LogP contribution in [0.4, 0.5) is 5.69 Å². The monoisotopic (exact) mass is 352 g/mol. The summed E-state index contributed by atoms with van der Waals surface area (Å²) in [5.41, 5.74) is 2.72. The van der Waals surface area contributed by atoms with Gasteiger partial charge < -0.3 is 0 Å². The summed E-state index contributed by atoms with van der Waals surface area (Å²) in [4.78, 5) is 10.6. The summed E-state index contributed by atoms with van der Waals surface area (Å²) in [5.74, 6) is 0.0461. The number of rotatable bonds is 3. The van der Waals surface area contributed by atoms with Crippen LogP contribution in [0.2, 0.25) is 0 Å². The van der Waals surface area contributed by atoms with E-state index in [4.69, 9.17) is 0 Å². The van der Waals surface area contributed by atoms with Gasteiger partial charge in [0, 0.05) is 23.8 Å². The predicted molar refractivity (Wildman–Crippen MR) is 95.0 cm³/mol. The molecule has 0 aromatic heterocycles. The molecule has 1 aromatic rings. The summed E-state index contributed by atoms with van der Waals surface area (Å²) >= 11 is 0. The molecular formula is C17H24N2O4S. The lowest BCUT2D eigenvalue weighted by Crippen LogP contribution is -2.28. The van der Waals surface area contributed by atoms with Crippen LogP contribution in [0.25, 0.3) is 0 Å². The molecule has 0 amide bonds. The zero-order valence-corrected chi connectivity index (χ0v) is 15.4. The van der Waals surface area contributed by atoms with E-state index >= 15 is 0 Å². The molecule has 0 aliphatic heterocycles. The van der Waals surface area contributed by atoms with Gasteiger partial charge in [0.1, 0.15) is 0 Å². The maximum atomic E-state index is 12.4. The number of nitro benzene ring substituents is 1. The molecule has 1 aliphatic carbocycles. The second-order valence-electron chi connectivity index (χ2n) is 7.19. The van der Waals surface area contributed by atoms with E-state index in [9.17, 15) is 18.5 Å². The van der Waals surface area contributed by atoms with Crippen molar-refractivity contribution in [2.24, 2.45) is 10.3 Å². The molecular weight excluding hydrogens is 328 g/mol. The molecule has 0 heterocycles. The van der Waals surface area contributed by atoms with Crippen LogP contribution in [0, 0.1) is 16.0 Å². The molecule has 0 N–H and O–H groups in total. The van der Waals surface area contributed by atoms with Crippen LogP contribution in [-0.2, 0) is 22.9 Å². The molecule has 1 aromatic carbocycles. The number of nitrogens with zero attached hydrogens (tertiary/aromatic N) is 2. The van der Waals surface area contributed by atoms with Gasteiger partial charge >= 0.3 is 0 Å². The Labute approximate surface area is 143 Å². The molecule has 0 saturated carbocycles. The second kappa shape index (κ2) is 6.63. The molecule has 0 fully saturated rings. The van der Waals surface area contributed by atoms with Crippen LogP contribution in [0.15, 0.2) is 22.6 Å². The van der Waals surface area contributed by atoms with E-state index in [1.165, 1.54) is 6.07 Å². The van der Waals surface area contributed by atoms with Crippen molar-refractivity contribution in [2.75, 3.05) is 0 Å². The van der Waals surface area contributed by atoms with Crippen molar-refractivity contribution in [2.45, 2.75) is 58.1 Å². The van der Waals surface area contributed by atoms with Gasteiger partial charge in [-0.15, -0.1) is 0 Å². The molecule has 132 valence electrons. The highest BCUT2D eigenvalue weighted by Crippen LogP contribution is 2.29. The number of hydrogen-bond donors (Lipinski definition) is 0. The standard InChI is InChI=1S/C17H24N2O4S/c1-5-12-10-13-6-8-15(19(20)21)11-14(13)7-9-16(12)18-24(22,23)17(2,3)4/h6,8,11-12H,5,7,9-10H2,1-4H3/b18-16+/t12-/m0/s1. The highest BCUT2D eigenvalue weighted by atomic mass is 32.2. The third-order valence-electron chi connectivity index (χ3n) is 4.49. The van der Waals surface area contributed by atoms with Crippen LogP contribution < -0.4 is 0 Å². The van der Waals surface area contributed by atoms with Crippen molar-refractivity contribution in [3.63, 3.8) is 0 Å². The third-order valence-corrected chi connectivity index (χ3v) is 6.52. The van der Waals surface area contributed by atoms with Crippen molar-refractivity contribution in [1.29, 1.82) is 0 Å². The van der Waals surface area contributed by atoms with E-state index in [1.807, 2.05) is 6.92 Å². The summed E-state index contributed by atoms with van der Waals surface area (Å²) < 4.78 is 28.1. The predicted octanol–water partition coefficient (Wildman–Crippen LogP) is 3.68. The minimum atomic E-state index is -3.59. The second-order valence-corrected chi connectivity index (χ2v) is 9.55. The first-order chi connectivity index (χ1) is 11.0. The van der Waals surface area contributed by atoms with Gasteiger partial charge in [0.25, 0.3) is 15.7 Å². The molecule has 0 saturated heterocycles. The molecule has 6 nitrogen and oxygen atoms in total. The zero-order valence-electron chi connectivity index (χ0n) is 14.6. The van der Waals surface area contributed by atoms with E-state index in [0.29, 0.717) is 25.0 Å². The average Bonchev–Trinajstić information content (AvgIpc) is 2.64. The summed E-state index contributed by atoms with van der Waals surface area (Å²) in [7, 11) is -3.59. The highest BCUT2D eigenvalue weighted by Gasteiger charge is 2.31. The van der Waals surface area contributed by atoms with Crippen LogP contribution in [-0.4, -0.2) is 23.8 Å². The molecule has 7 heteroatoms. The number of non-ortho nitro benzene ring substituents is 1. The Hall–Kier alpha value is -1.76. The fourth-order valence-corrected chi connectivity index (χ4v) is 3.62. The van der Waals surface area contributed by atoms with Crippen molar-refractivity contribution in [3.05, 3.63) is 39.4 Å². The van der Waals surface area contributed by atoms with E-state index in [2.05, 4.69) is 4.40 Å². The Morgan fingerprint density at radius 2 is 1.92 bits per heavy atom. The minimum Gasteiger partial charge on any atom is -0.258 e. The van der Waals surface area contributed by atoms with E-state index in [-0.39, 0.29) is 11.6 Å². The number of fused-ring (bicyclic) bond motifs is 1. The van der Waals surface area contributed by atoms with Crippen LogP contribution in [0.3, 0.4) is 0 Å². The van der Waals surface area contributed by atoms with Gasteiger partial charge in [-0.2, -0.15) is 4.40 Å². The van der Waals surface area contributed by atoms with Gasteiger partial charge in [0.2, 0.25) is 0 Å². The maximum Gasteiger partial charge on any atom is 0.269 e. The fraction of sp³-hybridized carbons (Fsp3) is 0.588. The van der Waals surface area contributed by atoms with Gasteiger partial charge in [-0.3, -0.25) is 10.1 Å². The van der Waals surface area contributed by atoms with Crippen molar-refractivity contribution in [1.82, 2.24) is 0 Å². The molecule has 0 radical (unpaired) electrons. The summed E-state index contributed by atoms with van der Waals surface area (Å²) in [5, 5.41) is 11.0. The smallest absolute Gasteiger partial charge is 0.258 e. The Balaban J connectivity index is 2.41. The van der Waals surface area contributed by atoms with E-state index < -0.39 is 19.7 Å². The molecule has 1 atom stereocenters. The number of hydrogen-bond acceptors (Lipinski definition) is 4. The molecule has 1 aliphatic rings. The van der Waals surface area contributed by atoms with Crippen molar-refractivity contribution >= 4 is 21.4 Å². The lowest BCUT2D eigenvalue weighted by Gasteiger charge is -2.19. The third kappa shape index (κ3) is 3.83. The lowest BCUT2D eigenvalue weighted by molar-refractivity contribution is -0.384. The molecule has 0 spiro atoms. The van der Waals surface area contributed by atoms with Crippen LogP contribution in [0.5, 0.6) is 0 Å². The van der Waals surface area contributed by atoms with Gasteiger partial charge in [-0.1, -0.05) is 13.0 Å². The van der Waals surface area contributed by atoms with Gasteiger partial charge in [-0.05, 0) is 57.6 Å². The molecule has 24 heavy (non-hydrogen) atoms. The SMILES string of the molecule is CC[C@H]1Cc2ccc([N+](=O)[O-])cc2CC/C1=N\S(=O)(=O)C(C)(C)C. The highest BCUT2D eigenvalue weighted by molar-refractivity contribution is 7.91. The number of nitro groups is 1. The lowest BCUT2D eigenvalue weighted by atomic mass is 9.93. The van der Waals surface area contributed by atoms with Crippen molar-refractivity contribution in [3.8, 4) is 0 Å². The Morgan fingerprint density at radius 3 is 2.46 bits per heavy atom. The topological polar surface area (TPSA) is 89.6 Å². The number of sulfonamides is 1. The Bertz CT molecular complexity index is 776. The van der Waals surface area contributed by atoms with Crippen LogP contribution >= 0.6 is 0 Å². The van der Waals surface area contributed by atoms with Crippen molar-refractivity contribution < 1.29 is 13.3 Å². The van der Waals surface area contributed by atoms with Gasteiger partial charge in [0.05, 0.1) is 9.67 Å². The molecule has 2 rings (SSSR count). The fourth-order valence-electron chi connectivity index (χ4n) is 2.80. The minimum absolute atomic E-state index is 0.0461. The normalized spacial score (nSPS) is 20.5. The summed E-state index contributed by atoms with van der Waals surface area (Å²) in [6.07, 6.45) is 2.55. The first kappa shape index (κ1) is 18.6. The molecule has 0 bridgehead atoms. The maximum absolute atomic E-state index is 12.4. The van der Waals surface area contributed by atoms with Crippen LogP contribution in [0.1, 0.15) is 51.7 Å². The number of benzene rings is 1. The van der Waals surface area contributed by atoms with Gasteiger partial charge in [-0.25, -0.2) is 8.42 Å². The molecule has 0 unspecified atom stereocenters. The van der Waals surface area contributed by atoms with E-state index in [0.717, 1.165) is 17.5 Å². The zero-order chi connectivity index (χ0) is 18.1. The van der Waals surface area contributed by atoms with Gasteiger partial charge in [0.15, 0.2) is 0 Å². The number of aryl methyl sites for hydroxylation is 1. The average molecular weight is 352 g/mol. The summed E-state index contributed by atoms with van der Waals surface area (Å²) in [6.45, 7) is 6.94. The Morgan fingerprint density at radius 1 is 1.25 bits per heavy atom. The largest absolute Gasteiger partial charge is 0.269 e. The summed E-state index contributed by atoms with van der Waals surface area (Å²) in [6, 6.07) is 4.90. The first-order valence-electron chi connectivity index (χ1n) is 8.14. The quantitative estimate of drug-likeness (QED) is 0.471.